The Kier molecular flexibility index (Phi) is 3.23. The predicted molar refractivity (Wildman–Crippen MR) is 77.8 cm³/mol. The van der Waals surface area contributed by atoms with Crippen molar-refractivity contribution in [3.8, 4) is 0 Å². The third-order valence-corrected chi connectivity index (χ3v) is 3.81. The number of aromatic nitrogens is 1. The average Bonchev–Trinajstić information content (AvgIpc) is 2.95. The number of pyridine rings is 1. The quantitative estimate of drug-likeness (QED) is 0.681. The molecule has 0 aliphatic carbocycles. The number of rotatable bonds is 3. The van der Waals surface area contributed by atoms with E-state index in [1.807, 2.05) is 12.1 Å². The van der Waals surface area contributed by atoms with Crippen molar-refractivity contribution in [3.05, 3.63) is 40.4 Å². The number of nitrogens with zero attached hydrogens (tertiary/aromatic N) is 3. The van der Waals surface area contributed by atoms with Gasteiger partial charge in [-0.3, -0.25) is 10.1 Å². The summed E-state index contributed by atoms with van der Waals surface area (Å²) in [5, 5.41) is 11.5. The van der Waals surface area contributed by atoms with Crippen LogP contribution >= 0.6 is 0 Å². The molecule has 0 amide bonds. The molecule has 2 heterocycles. The van der Waals surface area contributed by atoms with Gasteiger partial charge < -0.3 is 10.6 Å². The minimum atomic E-state index is -0.389. The summed E-state index contributed by atoms with van der Waals surface area (Å²) >= 11 is 0. The topological polar surface area (TPSA) is 85.3 Å². The van der Waals surface area contributed by atoms with Crippen molar-refractivity contribution in [2.45, 2.75) is 6.42 Å². The van der Waals surface area contributed by atoms with Gasteiger partial charge in [-0.2, -0.15) is 0 Å². The van der Waals surface area contributed by atoms with Crippen LogP contribution in [0.1, 0.15) is 6.42 Å². The maximum atomic E-state index is 10.8. The van der Waals surface area contributed by atoms with Crippen LogP contribution in [0.4, 0.5) is 11.5 Å². The molecule has 1 fully saturated rings. The molecular formula is C14H16N4O2. The Morgan fingerprint density at radius 3 is 2.95 bits per heavy atom. The number of nitro groups is 1. The molecule has 20 heavy (non-hydrogen) atoms. The van der Waals surface area contributed by atoms with Gasteiger partial charge in [-0.1, -0.05) is 0 Å². The standard InChI is InChI=1S/C14H16N4O2/c15-8-10-5-6-17(9-10)14-4-1-11-7-12(18(19)20)2-3-13(11)16-14/h1-4,7,10H,5-6,8-9,15H2. The van der Waals surface area contributed by atoms with E-state index in [0.717, 1.165) is 36.2 Å². The van der Waals surface area contributed by atoms with Crippen molar-refractivity contribution in [1.82, 2.24) is 4.98 Å². The molecule has 0 bridgehead atoms. The van der Waals surface area contributed by atoms with E-state index in [1.165, 1.54) is 6.07 Å². The highest BCUT2D eigenvalue weighted by Gasteiger charge is 2.22. The third kappa shape index (κ3) is 2.30. The molecule has 104 valence electrons. The van der Waals surface area contributed by atoms with Crippen LogP contribution in [-0.2, 0) is 0 Å². The van der Waals surface area contributed by atoms with Gasteiger partial charge in [0.1, 0.15) is 5.82 Å². The minimum absolute atomic E-state index is 0.0939. The lowest BCUT2D eigenvalue weighted by molar-refractivity contribution is -0.384. The zero-order valence-corrected chi connectivity index (χ0v) is 11.0. The van der Waals surface area contributed by atoms with E-state index in [-0.39, 0.29) is 10.6 Å². The summed E-state index contributed by atoms with van der Waals surface area (Å²) < 4.78 is 0. The molecule has 0 radical (unpaired) electrons. The Balaban J connectivity index is 1.91. The smallest absolute Gasteiger partial charge is 0.270 e. The summed E-state index contributed by atoms with van der Waals surface area (Å²) in [5.74, 6) is 1.45. The second-order valence-corrected chi connectivity index (χ2v) is 5.14. The Hall–Kier alpha value is -2.21. The molecule has 1 aliphatic rings. The van der Waals surface area contributed by atoms with E-state index in [1.54, 1.807) is 12.1 Å². The number of hydrogen-bond acceptors (Lipinski definition) is 5. The summed E-state index contributed by atoms with van der Waals surface area (Å²) in [6.07, 6.45) is 1.09. The fraction of sp³-hybridized carbons (Fsp3) is 0.357. The molecule has 1 atom stereocenters. The summed E-state index contributed by atoms with van der Waals surface area (Å²) in [5.41, 5.74) is 6.57. The second-order valence-electron chi connectivity index (χ2n) is 5.14. The van der Waals surface area contributed by atoms with Crippen LogP contribution in [0, 0.1) is 16.0 Å². The zero-order chi connectivity index (χ0) is 14.1. The highest BCUT2D eigenvalue weighted by molar-refractivity contribution is 5.82. The van der Waals surface area contributed by atoms with Crippen molar-refractivity contribution in [1.29, 1.82) is 0 Å². The van der Waals surface area contributed by atoms with E-state index in [0.29, 0.717) is 12.5 Å². The molecule has 6 nitrogen and oxygen atoms in total. The monoisotopic (exact) mass is 272 g/mol. The lowest BCUT2D eigenvalue weighted by Crippen LogP contribution is -2.23. The number of nitrogens with two attached hydrogens (primary N) is 1. The Labute approximate surface area is 116 Å². The molecule has 2 N–H and O–H groups in total. The van der Waals surface area contributed by atoms with Crippen LogP contribution in [0.25, 0.3) is 10.9 Å². The van der Waals surface area contributed by atoms with Crippen LogP contribution in [0.15, 0.2) is 30.3 Å². The first-order valence-electron chi connectivity index (χ1n) is 6.67. The first kappa shape index (κ1) is 12.8. The number of non-ortho nitro benzene ring substituents is 1. The fourth-order valence-electron chi connectivity index (χ4n) is 2.63. The lowest BCUT2D eigenvalue weighted by atomic mass is 10.1. The van der Waals surface area contributed by atoms with Crippen molar-refractivity contribution in [2.24, 2.45) is 11.7 Å². The third-order valence-electron chi connectivity index (χ3n) is 3.81. The number of nitro benzene ring substituents is 1. The first-order chi connectivity index (χ1) is 9.67. The SMILES string of the molecule is NCC1CCN(c2ccc3cc([N+](=O)[O-])ccc3n2)C1. The number of anilines is 1. The summed E-state index contributed by atoms with van der Waals surface area (Å²) in [7, 11) is 0. The Morgan fingerprint density at radius 2 is 2.25 bits per heavy atom. The Bertz CT molecular complexity index is 659. The van der Waals surface area contributed by atoms with E-state index < -0.39 is 0 Å². The van der Waals surface area contributed by atoms with Crippen LogP contribution in [0.3, 0.4) is 0 Å². The summed E-state index contributed by atoms with van der Waals surface area (Å²) in [4.78, 5) is 17.2. The molecule has 1 aromatic heterocycles. The second kappa shape index (κ2) is 5.05. The zero-order valence-electron chi connectivity index (χ0n) is 11.0. The molecule has 6 heteroatoms. The van der Waals surface area contributed by atoms with Crippen molar-refractivity contribution >= 4 is 22.4 Å². The van der Waals surface area contributed by atoms with Crippen molar-refractivity contribution in [2.75, 3.05) is 24.5 Å². The predicted octanol–water partition coefficient (Wildman–Crippen LogP) is 1.93. The van der Waals surface area contributed by atoms with Crippen LogP contribution in [-0.4, -0.2) is 29.5 Å². The molecular weight excluding hydrogens is 256 g/mol. The Morgan fingerprint density at radius 1 is 1.40 bits per heavy atom. The molecule has 1 aromatic carbocycles. The largest absolute Gasteiger partial charge is 0.356 e. The number of benzene rings is 1. The maximum absolute atomic E-state index is 10.8. The van der Waals surface area contributed by atoms with E-state index in [9.17, 15) is 10.1 Å². The van der Waals surface area contributed by atoms with Crippen LogP contribution in [0.2, 0.25) is 0 Å². The molecule has 0 saturated carbocycles. The van der Waals surface area contributed by atoms with Crippen LogP contribution < -0.4 is 10.6 Å². The molecule has 1 aliphatic heterocycles. The highest BCUT2D eigenvalue weighted by atomic mass is 16.6. The maximum Gasteiger partial charge on any atom is 0.270 e. The minimum Gasteiger partial charge on any atom is -0.356 e. The molecule has 1 saturated heterocycles. The first-order valence-corrected chi connectivity index (χ1v) is 6.67. The van der Waals surface area contributed by atoms with Crippen molar-refractivity contribution in [3.63, 3.8) is 0 Å². The summed E-state index contributed by atoms with van der Waals surface area (Å²) in [6, 6.07) is 8.56. The fourth-order valence-corrected chi connectivity index (χ4v) is 2.63. The van der Waals surface area contributed by atoms with Crippen LogP contribution in [0.5, 0.6) is 0 Å². The van der Waals surface area contributed by atoms with E-state index in [2.05, 4.69) is 9.88 Å². The average molecular weight is 272 g/mol. The van der Waals surface area contributed by atoms with Gasteiger partial charge >= 0.3 is 0 Å². The van der Waals surface area contributed by atoms with Gasteiger partial charge in [0.05, 0.1) is 10.4 Å². The number of fused-ring (bicyclic) bond motifs is 1. The molecule has 1 unspecified atom stereocenters. The van der Waals surface area contributed by atoms with Gasteiger partial charge in [-0.15, -0.1) is 0 Å². The van der Waals surface area contributed by atoms with Gasteiger partial charge in [0.2, 0.25) is 0 Å². The number of hydrogen-bond donors (Lipinski definition) is 1. The van der Waals surface area contributed by atoms with Crippen molar-refractivity contribution < 1.29 is 4.92 Å². The van der Waals surface area contributed by atoms with E-state index >= 15 is 0 Å². The highest BCUT2D eigenvalue weighted by Crippen LogP contribution is 2.25. The van der Waals surface area contributed by atoms with Gasteiger partial charge in [0, 0.05) is 30.6 Å². The van der Waals surface area contributed by atoms with E-state index in [4.69, 9.17) is 5.73 Å². The molecule has 2 aromatic rings. The normalized spacial score (nSPS) is 18.6. The van der Waals surface area contributed by atoms with Gasteiger partial charge in [-0.05, 0) is 37.1 Å². The molecule has 3 rings (SSSR count). The van der Waals surface area contributed by atoms with Gasteiger partial charge in [0.25, 0.3) is 5.69 Å². The lowest BCUT2D eigenvalue weighted by Gasteiger charge is -2.17. The van der Waals surface area contributed by atoms with Gasteiger partial charge in [0.15, 0.2) is 0 Å². The summed E-state index contributed by atoms with van der Waals surface area (Å²) in [6.45, 7) is 2.60. The molecule has 0 spiro atoms. The van der Waals surface area contributed by atoms with Gasteiger partial charge in [-0.25, -0.2) is 4.98 Å².